The Hall–Kier alpha value is -1.45. The summed E-state index contributed by atoms with van der Waals surface area (Å²) in [7, 11) is 1.54. The van der Waals surface area contributed by atoms with Crippen LogP contribution in [-0.4, -0.2) is 7.11 Å². The number of ether oxygens (including phenoxy) is 1. The molecule has 0 atom stereocenters. The van der Waals surface area contributed by atoms with Gasteiger partial charge in [0, 0.05) is 28.9 Å². The third-order valence-corrected chi connectivity index (χ3v) is 3.19. The summed E-state index contributed by atoms with van der Waals surface area (Å²) in [6, 6.07) is 9.74. The van der Waals surface area contributed by atoms with Gasteiger partial charge in [0.15, 0.2) is 0 Å². The summed E-state index contributed by atoms with van der Waals surface area (Å²) in [6.07, 6.45) is 0. The van der Waals surface area contributed by atoms with E-state index in [1.54, 1.807) is 31.4 Å². The van der Waals surface area contributed by atoms with Crippen molar-refractivity contribution in [3.63, 3.8) is 0 Å². The molecule has 0 bridgehead atoms. The highest BCUT2D eigenvalue weighted by molar-refractivity contribution is 6.32. The first-order valence-corrected chi connectivity index (χ1v) is 6.37. The Bertz CT molecular complexity index is 590. The van der Waals surface area contributed by atoms with Gasteiger partial charge < -0.3 is 10.1 Å². The van der Waals surface area contributed by atoms with Crippen molar-refractivity contribution >= 4 is 28.9 Å². The van der Waals surface area contributed by atoms with Crippen LogP contribution in [0.1, 0.15) is 5.56 Å². The first-order chi connectivity index (χ1) is 9.10. The summed E-state index contributed by atoms with van der Waals surface area (Å²) in [6.45, 7) is 0.331. The molecule has 0 unspecified atom stereocenters. The Kier molecular flexibility index (Phi) is 4.51. The van der Waals surface area contributed by atoms with Crippen molar-refractivity contribution in [2.75, 3.05) is 12.4 Å². The van der Waals surface area contributed by atoms with E-state index < -0.39 is 0 Å². The molecule has 0 aliphatic heterocycles. The maximum Gasteiger partial charge on any atom is 0.139 e. The van der Waals surface area contributed by atoms with Crippen LogP contribution in [-0.2, 0) is 6.54 Å². The fourth-order valence-corrected chi connectivity index (χ4v) is 2.04. The van der Waals surface area contributed by atoms with E-state index in [0.717, 1.165) is 5.69 Å². The van der Waals surface area contributed by atoms with Gasteiger partial charge in [0.25, 0.3) is 0 Å². The summed E-state index contributed by atoms with van der Waals surface area (Å²) in [5, 5.41) is 4.13. The zero-order chi connectivity index (χ0) is 13.8. The van der Waals surface area contributed by atoms with Crippen LogP contribution < -0.4 is 10.1 Å². The normalized spacial score (nSPS) is 10.3. The topological polar surface area (TPSA) is 21.3 Å². The molecule has 100 valence electrons. The second-order valence-corrected chi connectivity index (χ2v) is 4.78. The molecule has 0 aliphatic carbocycles. The minimum atomic E-state index is -0.294. The number of hydrogen-bond acceptors (Lipinski definition) is 2. The van der Waals surface area contributed by atoms with Gasteiger partial charge >= 0.3 is 0 Å². The molecule has 2 rings (SSSR count). The molecular weight excluding hydrogens is 288 g/mol. The third-order valence-electron chi connectivity index (χ3n) is 2.64. The monoisotopic (exact) mass is 299 g/mol. The predicted octanol–water partition coefficient (Wildman–Crippen LogP) is 4.75. The van der Waals surface area contributed by atoms with Gasteiger partial charge in [-0.1, -0.05) is 23.2 Å². The summed E-state index contributed by atoms with van der Waals surface area (Å²) < 4.78 is 18.7. The first kappa shape index (κ1) is 14.0. The van der Waals surface area contributed by atoms with Crippen molar-refractivity contribution in [2.45, 2.75) is 6.54 Å². The lowest BCUT2D eigenvalue weighted by Crippen LogP contribution is -2.02. The van der Waals surface area contributed by atoms with Gasteiger partial charge in [-0.2, -0.15) is 0 Å². The number of rotatable bonds is 4. The number of anilines is 1. The van der Waals surface area contributed by atoms with E-state index in [1.807, 2.05) is 0 Å². The van der Waals surface area contributed by atoms with Crippen molar-refractivity contribution in [2.24, 2.45) is 0 Å². The van der Waals surface area contributed by atoms with Crippen LogP contribution in [0.25, 0.3) is 0 Å². The summed E-state index contributed by atoms with van der Waals surface area (Å²) in [5.41, 5.74) is 1.29. The van der Waals surface area contributed by atoms with Gasteiger partial charge in [-0.15, -0.1) is 0 Å². The molecule has 0 saturated carbocycles. The average Bonchev–Trinajstić information content (AvgIpc) is 2.41. The van der Waals surface area contributed by atoms with E-state index in [2.05, 4.69) is 5.32 Å². The van der Waals surface area contributed by atoms with E-state index >= 15 is 0 Å². The molecule has 0 fully saturated rings. The second kappa shape index (κ2) is 6.13. The molecule has 2 aromatic rings. The quantitative estimate of drug-likeness (QED) is 0.879. The van der Waals surface area contributed by atoms with Gasteiger partial charge in [-0.05, 0) is 30.3 Å². The highest BCUT2D eigenvalue weighted by atomic mass is 35.5. The number of methoxy groups -OCH3 is 1. The van der Waals surface area contributed by atoms with Crippen LogP contribution in [0.5, 0.6) is 5.75 Å². The van der Waals surface area contributed by atoms with Crippen molar-refractivity contribution in [3.8, 4) is 5.75 Å². The van der Waals surface area contributed by atoms with Gasteiger partial charge in [0.2, 0.25) is 0 Å². The molecule has 0 aromatic heterocycles. The van der Waals surface area contributed by atoms with Gasteiger partial charge in [-0.3, -0.25) is 0 Å². The lowest BCUT2D eigenvalue weighted by atomic mass is 10.2. The zero-order valence-electron chi connectivity index (χ0n) is 10.2. The van der Waals surface area contributed by atoms with Crippen LogP contribution in [0.15, 0.2) is 36.4 Å². The molecular formula is C14H12Cl2FNO. The average molecular weight is 300 g/mol. The van der Waals surface area contributed by atoms with Crippen molar-refractivity contribution < 1.29 is 9.13 Å². The van der Waals surface area contributed by atoms with E-state index in [0.29, 0.717) is 27.9 Å². The van der Waals surface area contributed by atoms with E-state index in [9.17, 15) is 4.39 Å². The fraction of sp³-hybridized carbons (Fsp3) is 0.143. The number of nitrogens with one attached hydrogen (secondary N) is 1. The van der Waals surface area contributed by atoms with Crippen molar-refractivity contribution in [1.29, 1.82) is 0 Å². The Balaban J connectivity index is 2.12. The Morgan fingerprint density at radius 1 is 1.16 bits per heavy atom. The lowest BCUT2D eigenvalue weighted by Gasteiger charge is -2.10. The van der Waals surface area contributed by atoms with E-state index in [-0.39, 0.29) is 5.82 Å². The molecule has 0 radical (unpaired) electrons. The smallest absolute Gasteiger partial charge is 0.139 e. The van der Waals surface area contributed by atoms with E-state index in [1.165, 1.54) is 12.1 Å². The zero-order valence-corrected chi connectivity index (χ0v) is 11.7. The molecule has 5 heteroatoms. The molecule has 19 heavy (non-hydrogen) atoms. The molecule has 0 aliphatic rings. The SMILES string of the molecule is COc1cc(NCc2cc(Cl)ccc2F)ccc1Cl. The molecule has 0 heterocycles. The number of benzene rings is 2. The molecule has 1 N–H and O–H groups in total. The van der Waals surface area contributed by atoms with Gasteiger partial charge in [0.1, 0.15) is 11.6 Å². The van der Waals surface area contributed by atoms with Crippen LogP contribution in [0.2, 0.25) is 10.0 Å². The molecule has 2 aromatic carbocycles. The standard InChI is InChI=1S/C14H12Cl2FNO/c1-19-14-7-11(3-4-12(14)16)18-8-9-6-10(15)2-5-13(9)17/h2-7,18H,8H2,1H3. The third kappa shape index (κ3) is 3.52. The predicted molar refractivity (Wildman–Crippen MR) is 76.7 cm³/mol. The minimum absolute atomic E-state index is 0.294. The Morgan fingerprint density at radius 3 is 2.68 bits per heavy atom. The highest BCUT2D eigenvalue weighted by Gasteiger charge is 2.05. The number of hydrogen-bond donors (Lipinski definition) is 1. The highest BCUT2D eigenvalue weighted by Crippen LogP contribution is 2.27. The fourth-order valence-electron chi connectivity index (χ4n) is 1.65. The van der Waals surface area contributed by atoms with Gasteiger partial charge in [0.05, 0.1) is 12.1 Å². The Morgan fingerprint density at radius 2 is 1.95 bits per heavy atom. The maximum atomic E-state index is 13.5. The van der Waals surface area contributed by atoms with Crippen LogP contribution in [0, 0.1) is 5.82 Å². The maximum absolute atomic E-state index is 13.5. The Labute approximate surface area is 121 Å². The summed E-state index contributed by atoms with van der Waals surface area (Å²) in [5.74, 6) is 0.274. The molecule has 2 nitrogen and oxygen atoms in total. The summed E-state index contributed by atoms with van der Waals surface area (Å²) in [4.78, 5) is 0. The van der Waals surface area contributed by atoms with Crippen molar-refractivity contribution in [1.82, 2.24) is 0 Å². The van der Waals surface area contributed by atoms with E-state index in [4.69, 9.17) is 27.9 Å². The van der Waals surface area contributed by atoms with Crippen LogP contribution in [0.4, 0.5) is 10.1 Å². The first-order valence-electron chi connectivity index (χ1n) is 5.61. The largest absolute Gasteiger partial charge is 0.495 e. The second-order valence-electron chi connectivity index (χ2n) is 3.94. The minimum Gasteiger partial charge on any atom is -0.495 e. The van der Waals surface area contributed by atoms with Crippen LogP contribution in [0.3, 0.4) is 0 Å². The van der Waals surface area contributed by atoms with Crippen molar-refractivity contribution in [3.05, 3.63) is 57.8 Å². The van der Waals surface area contributed by atoms with Crippen LogP contribution >= 0.6 is 23.2 Å². The number of halogens is 3. The lowest BCUT2D eigenvalue weighted by molar-refractivity contribution is 0.415. The molecule has 0 saturated heterocycles. The van der Waals surface area contributed by atoms with Gasteiger partial charge in [-0.25, -0.2) is 4.39 Å². The molecule has 0 amide bonds. The molecule has 0 spiro atoms. The summed E-state index contributed by atoms with van der Waals surface area (Å²) >= 11 is 11.8.